The van der Waals surface area contributed by atoms with E-state index in [9.17, 15) is 9.18 Å². The summed E-state index contributed by atoms with van der Waals surface area (Å²) in [7, 11) is 0. The Morgan fingerprint density at radius 2 is 1.73 bits per heavy atom. The second-order valence-electron chi connectivity index (χ2n) is 5.40. The Morgan fingerprint density at radius 3 is 2.41 bits per heavy atom. The Labute approximate surface area is 129 Å². The van der Waals surface area contributed by atoms with E-state index in [1.165, 1.54) is 6.07 Å². The predicted octanol–water partition coefficient (Wildman–Crippen LogP) is 2.18. The molecular formula is C17H18FN3O. The van der Waals surface area contributed by atoms with Crippen LogP contribution in [0.25, 0.3) is 0 Å². The zero-order valence-corrected chi connectivity index (χ0v) is 12.3. The predicted molar refractivity (Wildman–Crippen MR) is 81.8 cm³/mol. The number of aromatic nitrogens is 1. The minimum atomic E-state index is -0.169. The van der Waals surface area contributed by atoms with Crippen LogP contribution in [0.1, 0.15) is 15.9 Å². The van der Waals surface area contributed by atoms with Crippen molar-refractivity contribution in [1.82, 2.24) is 14.8 Å². The van der Waals surface area contributed by atoms with Gasteiger partial charge in [-0.25, -0.2) is 4.39 Å². The largest absolute Gasteiger partial charge is 0.336 e. The van der Waals surface area contributed by atoms with Crippen LogP contribution in [0.2, 0.25) is 0 Å². The fourth-order valence-corrected chi connectivity index (χ4v) is 2.65. The molecule has 1 aromatic carbocycles. The highest BCUT2D eigenvalue weighted by molar-refractivity contribution is 5.94. The standard InChI is InChI=1S/C17H18FN3O/c18-16-4-2-1-3-15(16)13-20-9-11-21(12-10-20)17(22)14-5-7-19-8-6-14/h1-8H,9-13H2. The number of carbonyl (C=O) groups is 1. The molecular weight excluding hydrogens is 281 g/mol. The molecule has 1 saturated heterocycles. The maximum absolute atomic E-state index is 13.7. The lowest BCUT2D eigenvalue weighted by atomic mass is 10.1. The van der Waals surface area contributed by atoms with Crippen LogP contribution in [0.3, 0.4) is 0 Å². The van der Waals surface area contributed by atoms with E-state index in [0.29, 0.717) is 30.8 Å². The molecule has 22 heavy (non-hydrogen) atoms. The lowest BCUT2D eigenvalue weighted by molar-refractivity contribution is 0.0627. The molecule has 4 nitrogen and oxygen atoms in total. The number of hydrogen-bond acceptors (Lipinski definition) is 3. The van der Waals surface area contributed by atoms with Crippen molar-refractivity contribution < 1.29 is 9.18 Å². The van der Waals surface area contributed by atoms with Crippen molar-refractivity contribution in [3.63, 3.8) is 0 Å². The van der Waals surface area contributed by atoms with Crippen molar-refractivity contribution >= 4 is 5.91 Å². The summed E-state index contributed by atoms with van der Waals surface area (Å²) in [6, 6.07) is 10.3. The summed E-state index contributed by atoms with van der Waals surface area (Å²) in [4.78, 5) is 20.3. The van der Waals surface area contributed by atoms with E-state index in [-0.39, 0.29) is 11.7 Å². The minimum absolute atomic E-state index is 0.0351. The van der Waals surface area contributed by atoms with Crippen molar-refractivity contribution in [3.8, 4) is 0 Å². The Kier molecular flexibility index (Phi) is 4.44. The van der Waals surface area contributed by atoms with Crippen molar-refractivity contribution in [1.29, 1.82) is 0 Å². The SMILES string of the molecule is O=C(c1ccncc1)N1CCN(Cc2ccccc2F)CC1. The molecule has 0 N–H and O–H groups in total. The average molecular weight is 299 g/mol. The van der Waals surface area contributed by atoms with Gasteiger partial charge in [-0.15, -0.1) is 0 Å². The van der Waals surface area contributed by atoms with Gasteiger partial charge in [0.2, 0.25) is 0 Å². The van der Waals surface area contributed by atoms with Gasteiger partial charge in [0, 0.05) is 56.2 Å². The third-order valence-electron chi connectivity index (χ3n) is 3.94. The lowest BCUT2D eigenvalue weighted by Gasteiger charge is -2.34. The van der Waals surface area contributed by atoms with Crippen LogP contribution in [-0.2, 0) is 6.54 Å². The van der Waals surface area contributed by atoms with Gasteiger partial charge < -0.3 is 4.90 Å². The molecule has 1 aliphatic heterocycles. The van der Waals surface area contributed by atoms with Crippen LogP contribution in [0.15, 0.2) is 48.8 Å². The third-order valence-corrected chi connectivity index (χ3v) is 3.94. The number of amides is 1. The number of halogens is 1. The van der Waals surface area contributed by atoms with E-state index < -0.39 is 0 Å². The van der Waals surface area contributed by atoms with Crippen LogP contribution in [-0.4, -0.2) is 46.9 Å². The summed E-state index contributed by atoms with van der Waals surface area (Å²) in [5.41, 5.74) is 1.37. The first-order valence-corrected chi connectivity index (χ1v) is 7.39. The molecule has 0 saturated carbocycles. The summed E-state index contributed by atoms with van der Waals surface area (Å²) >= 11 is 0. The van der Waals surface area contributed by atoms with Gasteiger partial charge in [0.05, 0.1) is 0 Å². The highest BCUT2D eigenvalue weighted by Gasteiger charge is 2.22. The van der Waals surface area contributed by atoms with Crippen LogP contribution in [0.4, 0.5) is 4.39 Å². The molecule has 1 aromatic heterocycles. The monoisotopic (exact) mass is 299 g/mol. The van der Waals surface area contributed by atoms with E-state index in [2.05, 4.69) is 9.88 Å². The highest BCUT2D eigenvalue weighted by Crippen LogP contribution is 2.13. The van der Waals surface area contributed by atoms with Crippen LogP contribution in [0.5, 0.6) is 0 Å². The third kappa shape index (κ3) is 3.31. The molecule has 0 aliphatic carbocycles. The van der Waals surface area contributed by atoms with E-state index in [0.717, 1.165) is 13.1 Å². The zero-order valence-electron chi connectivity index (χ0n) is 12.3. The maximum atomic E-state index is 13.7. The molecule has 114 valence electrons. The van der Waals surface area contributed by atoms with E-state index in [1.807, 2.05) is 17.0 Å². The van der Waals surface area contributed by atoms with Gasteiger partial charge in [-0.1, -0.05) is 18.2 Å². The van der Waals surface area contributed by atoms with Crippen LogP contribution >= 0.6 is 0 Å². The number of pyridine rings is 1. The summed E-state index contributed by atoms with van der Waals surface area (Å²) < 4.78 is 13.7. The number of carbonyl (C=O) groups excluding carboxylic acids is 1. The number of hydrogen-bond donors (Lipinski definition) is 0. The van der Waals surface area contributed by atoms with E-state index in [1.54, 1.807) is 30.6 Å². The van der Waals surface area contributed by atoms with Gasteiger partial charge in [-0.05, 0) is 18.2 Å². The molecule has 3 rings (SSSR count). The molecule has 2 heterocycles. The first kappa shape index (κ1) is 14.7. The fourth-order valence-electron chi connectivity index (χ4n) is 2.65. The lowest BCUT2D eigenvalue weighted by Crippen LogP contribution is -2.48. The van der Waals surface area contributed by atoms with Gasteiger partial charge in [-0.3, -0.25) is 14.7 Å². The van der Waals surface area contributed by atoms with Gasteiger partial charge in [0.25, 0.3) is 5.91 Å². The molecule has 0 atom stereocenters. The van der Waals surface area contributed by atoms with Gasteiger partial charge in [0.1, 0.15) is 5.82 Å². The summed E-state index contributed by atoms with van der Waals surface area (Å²) in [5.74, 6) is -0.134. The Balaban J connectivity index is 1.57. The molecule has 0 bridgehead atoms. The van der Waals surface area contributed by atoms with Gasteiger partial charge in [-0.2, -0.15) is 0 Å². The summed E-state index contributed by atoms with van der Waals surface area (Å²) in [6.07, 6.45) is 3.25. The topological polar surface area (TPSA) is 36.4 Å². The summed E-state index contributed by atoms with van der Waals surface area (Å²) in [5, 5.41) is 0. The first-order chi connectivity index (χ1) is 10.7. The van der Waals surface area contributed by atoms with Gasteiger partial charge in [0.15, 0.2) is 0 Å². The number of piperazine rings is 1. The molecule has 5 heteroatoms. The maximum Gasteiger partial charge on any atom is 0.254 e. The quantitative estimate of drug-likeness (QED) is 0.871. The minimum Gasteiger partial charge on any atom is -0.336 e. The molecule has 1 fully saturated rings. The average Bonchev–Trinajstić information content (AvgIpc) is 2.58. The van der Waals surface area contributed by atoms with Crippen molar-refractivity contribution in [2.75, 3.05) is 26.2 Å². The number of rotatable bonds is 3. The molecule has 1 aliphatic rings. The highest BCUT2D eigenvalue weighted by atomic mass is 19.1. The van der Waals surface area contributed by atoms with Crippen molar-refractivity contribution in [3.05, 3.63) is 65.7 Å². The summed E-state index contributed by atoms with van der Waals surface area (Å²) in [6.45, 7) is 3.42. The smallest absolute Gasteiger partial charge is 0.254 e. The first-order valence-electron chi connectivity index (χ1n) is 7.39. The zero-order chi connectivity index (χ0) is 15.4. The fraction of sp³-hybridized carbons (Fsp3) is 0.294. The van der Waals surface area contributed by atoms with Crippen molar-refractivity contribution in [2.45, 2.75) is 6.54 Å². The van der Waals surface area contributed by atoms with Gasteiger partial charge >= 0.3 is 0 Å². The molecule has 2 aromatic rings. The van der Waals surface area contributed by atoms with Crippen LogP contribution in [0, 0.1) is 5.82 Å². The Morgan fingerprint density at radius 1 is 1.05 bits per heavy atom. The second-order valence-corrected chi connectivity index (χ2v) is 5.40. The Bertz CT molecular complexity index is 639. The molecule has 0 spiro atoms. The number of nitrogens with zero attached hydrogens (tertiary/aromatic N) is 3. The van der Waals surface area contributed by atoms with Crippen LogP contribution < -0.4 is 0 Å². The second kappa shape index (κ2) is 6.66. The molecule has 1 amide bonds. The van der Waals surface area contributed by atoms with Crippen molar-refractivity contribution in [2.24, 2.45) is 0 Å². The van der Waals surface area contributed by atoms with E-state index in [4.69, 9.17) is 0 Å². The molecule has 0 unspecified atom stereocenters. The molecule has 0 radical (unpaired) electrons. The normalized spacial score (nSPS) is 15.8. The van der Waals surface area contributed by atoms with E-state index >= 15 is 0 Å². The Hall–Kier alpha value is -2.27. The number of benzene rings is 1.